The van der Waals surface area contributed by atoms with E-state index >= 15 is 0 Å². The van der Waals surface area contributed by atoms with Crippen LogP contribution < -0.4 is 10.1 Å². The minimum absolute atomic E-state index is 0.202. The molecule has 0 fully saturated rings. The molecule has 21 heavy (non-hydrogen) atoms. The van der Waals surface area contributed by atoms with Crippen LogP contribution in [0.3, 0.4) is 0 Å². The van der Waals surface area contributed by atoms with Crippen molar-refractivity contribution >= 4 is 16.7 Å². The van der Waals surface area contributed by atoms with Crippen LogP contribution in [0.1, 0.15) is 0 Å². The predicted molar refractivity (Wildman–Crippen MR) is 81.0 cm³/mol. The number of anilines is 1. The van der Waals surface area contributed by atoms with Crippen molar-refractivity contribution in [2.45, 2.75) is 0 Å². The highest BCUT2D eigenvalue weighted by molar-refractivity contribution is 5.90. The number of nitrogens with zero attached hydrogens (tertiary/aromatic N) is 2. The molecule has 0 radical (unpaired) electrons. The van der Waals surface area contributed by atoms with Crippen molar-refractivity contribution in [3.63, 3.8) is 0 Å². The fourth-order valence-electron chi connectivity index (χ4n) is 2.20. The standard InChI is InChI=1S/C16H14FN3O/c1-18-16-11-5-3-4-6-13(11)19-15(20-16)10-7-8-14(21-2)12(17)9-10/h3-9H,1-2H3,(H,18,19,20). The van der Waals surface area contributed by atoms with Gasteiger partial charge in [0.25, 0.3) is 0 Å². The Bertz CT molecular complexity index is 805. The monoisotopic (exact) mass is 283 g/mol. The summed E-state index contributed by atoms with van der Waals surface area (Å²) in [7, 11) is 3.23. The lowest BCUT2D eigenvalue weighted by Crippen LogP contribution is -1.99. The van der Waals surface area contributed by atoms with Crippen molar-refractivity contribution in [1.29, 1.82) is 0 Å². The maximum absolute atomic E-state index is 13.8. The van der Waals surface area contributed by atoms with Crippen LogP contribution in [0.15, 0.2) is 42.5 Å². The van der Waals surface area contributed by atoms with Crippen LogP contribution >= 0.6 is 0 Å². The summed E-state index contributed by atoms with van der Waals surface area (Å²) in [4.78, 5) is 8.95. The fraction of sp³-hybridized carbons (Fsp3) is 0.125. The molecule has 1 N–H and O–H groups in total. The number of hydrogen-bond donors (Lipinski definition) is 1. The van der Waals surface area contributed by atoms with Gasteiger partial charge in [-0.05, 0) is 30.3 Å². The maximum Gasteiger partial charge on any atom is 0.165 e. The van der Waals surface area contributed by atoms with Gasteiger partial charge in [0.2, 0.25) is 0 Å². The van der Waals surface area contributed by atoms with Crippen LogP contribution in [0.5, 0.6) is 5.75 Å². The van der Waals surface area contributed by atoms with Gasteiger partial charge in [-0.3, -0.25) is 0 Å². The molecule has 0 unspecified atom stereocenters. The van der Waals surface area contributed by atoms with Gasteiger partial charge in [-0.1, -0.05) is 12.1 Å². The minimum atomic E-state index is -0.433. The second-order valence-corrected chi connectivity index (χ2v) is 4.51. The number of nitrogens with one attached hydrogen (secondary N) is 1. The molecule has 0 amide bonds. The highest BCUT2D eigenvalue weighted by Crippen LogP contribution is 2.27. The highest BCUT2D eigenvalue weighted by Gasteiger charge is 2.10. The van der Waals surface area contributed by atoms with E-state index in [-0.39, 0.29) is 5.75 Å². The lowest BCUT2D eigenvalue weighted by atomic mass is 10.1. The molecule has 5 heteroatoms. The molecule has 0 aliphatic heterocycles. The fourth-order valence-corrected chi connectivity index (χ4v) is 2.20. The van der Waals surface area contributed by atoms with E-state index < -0.39 is 5.82 Å². The predicted octanol–water partition coefficient (Wildman–Crippen LogP) is 3.49. The molecule has 0 aliphatic carbocycles. The van der Waals surface area contributed by atoms with Crippen molar-refractivity contribution in [2.75, 3.05) is 19.5 Å². The maximum atomic E-state index is 13.8. The van der Waals surface area contributed by atoms with E-state index in [1.54, 1.807) is 19.2 Å². The third-order valence-electron chi connectivity index (χ3n) is 3.25. The first-order valence-electron chi connectivity index (χ1n) is 6.51. The number of para-hydroxylation sites is 1. The molecule has 1 heterocycles. The molecule has 0 atom stereocenters. The first-order chi connectivity index (χ1) is 10.2. The molecule has 0 spiro atoms. The molecule has 3 rings (SSSR count). The van der Waals surface area contributed by atoms with E-state index in [0.29, 0.717) is 17.2 Å². The summed E-state index contributed by atoms with van der Waals surface area (Å²) in [5.41, 5.74) is 1.42. The van der Waals surface area contributed by atoms with Crippen molar-refractivity contribution in [1.82, 2.24) is 9.97 Å². The largest absolute Gasteiger partial charge is 0.494 e. The van der Waals surface area contributed by atoms with E-state index in [1.807, 2.05) is 24.3 Å². The van der Waals surface area contributed by atoms with Crippen molar-refractivity contribution in [2.24, 2.45) is 0 Å². The summed E-state index contributed by atoms with van der Waals surface area (Å²) in [5, 5.41) is 3.98. The van der Waals surface area contributed by atoms with Gasteiger partial charge in [0.05, 0.1) is 12.6 Å². The molecule has 0 saturated heterocycles. The van der Waals surface area contributed by atoms with E-state index in [1.165, 1.54) is 13.2 Å². The number of fused-ring (bicyclic) bond motifs is 1. The Morgan fingerprint density at radius 3 is 2.62 bits per heavy atom. The number of methoxy groups -OCH3 is 1. The first-order valence-corrected chi connectivity index (χ1v) is 6.51. The van der Waals surface area contributed by atoms with E-state index in [4.69, 9.17) is 4.74 Å². The van der Waals surface area contributed by atoms with E-state index in [2.05, 4.69) is 15.3 Å². The van der Waals surface area contributed by atoms with Crippen molar-refractivity contribution < 1.29 is 9.13 Å². The molecular weight excluding hydrogens is 269 g/mol. The van der Waals surface area contributed by atoms with E-state index in [9.17, 15) is 4.39 Å². The van der Waals surface area contributed by atoms with Gasteiger partial charge in [0.1, 0.15) is 5.82 Å². The molecule has 0 bridgehead atoms. The molecular formula is C16H14FN3O. The molecule has 0 saturated carbocycles. The zero-order valence-corrected chi connectivity index (χ0v) is 11.7. The van der Waals surface area contributed by atoms with E-state index in [0.717, 1.165) is 10.9 Å². The van der Waals surface area contributed by atoms with Gasteiger partial charge in [-0.2, -0.15) is 0 Å². The zero-order chi connectivity index (χ0) is 14.8. The molecule has 2 aromatic carbocycles. The molecule has 4 nitrogen and oxygen atoms in total. The zero-order valence-electron chi connectivity index (χ0n) is 11.7. The lowest BCUT2D eigenvalue weighted by molar-refractivity contribution is 0.386. The number of halogens is 1. The number of aromatic nitrogens is 2. The Kier molecular flexibility index (Phi) is 3.39. The smallest absolute Gasteiger partial charge is 0.165 e. The van der Waals surface area contributed by atoms with Crippen LogP contribution in [-0.4, -0.2) is 24.1 Å². The Morgan fingerprint density at radius 1 is 1.10 bits per heavy atom. The van der Waals surface area contributed by atoms with Crippen LogP contribution in [0.4, 0.5) is 10.2 Å². The second kappa shape index (κ2) is 5.36. The number of hydrogen-bond acceptors (Lipinski definition) is 4. The van der Waals surface area contributed by atoms with Crippen LogP contribution in [0.2, 0.25) is 0 Å². The summed E-state index contributed by atoms with van der Waals surface area (Å²) in [6.45, 7) is 0. The average Bonchev–Trinajstić information content (AvgIpc) is 2.53. The second-order valence-electron chi connectivity index (χ2n) is 4.51. The van der Waals surface area contributed by atoms with Gasteiger partial charge < -0.3 is 10.1 Å². The number of rotatable bonds is 3. The summed E-state index contributed by atoms with van der Waals surface area (Å²) in [6, 6.07) is 12.4. The minimum Gasteiger partial charge on any atom is -0.494 e. The van der Waals surface area contributed by atoms with Crippen LogP contribution in [0, 0.1) is 5.82 Å². The van der Waals surface area contributed by atoms with Gasteiger partial charge >= 0.3 is 0 Å². The topological polar surface area (TPSA) is 47.0 Å². The van der Waals surface area contributed by atoms with Gasteiger partial charge in [0.15, 0.2) is 17.4 Å². The SMILES string of the molecule is CNc1nc(-c2ccc(OC)c(F)c2)nc2ccccc12. The summed E-state index contributed by atoms with van der Waals surface area (Å²) < 4.78 is 18.8. The third kappa shape index (κ3) is 2.38. The highest BCUT2D eigenvalue weighted by atomic mass is 19.1. The number of ether oxygens (including phenoxy) is 1. The first kappa shape index (κ1) is 13.3. The summed E-state index contributed by atoms with van der Waals surface area (Å²) in [5.74, 6) is 0.956. The Labute approximate surface area is 121 Å². The third-order valence-corrected chi connectivity index (χ3v) is 3.25. The molecule has 3 aromatic rings. The lowest BCUT2D eigenvalue weighted by Gasteiger charge is -2.09. The average molecular weight is 283 g/mol. The van der Waals surface area contributed by atoms with Gasteiger partial charge in [-0.25, -0.2) is 14.4 Å². The molecule has 1 aromatic heterocycles. The van der Waals surface area contributed by atoms with Gasteiger partial charge in [0, 0.05) is 18.0 Å². The Balaban J connectivity index is 2.18. The van der Waals surface area contributed by atoms with Crippen LogP contribution in [0.25, 0.3) is 22.3 Å². The quantitative estimate of drug-likeness (QED) is 0.799. The Hall–Kier alpha value is -2.69. The molecule has 0 aliphatic rings. The molecule has 106 valence electrons. The number of benzene rings is 2. The normalized spacial score (nSPS) is 10.6. The van der Waals surface area contributed by atoms with Crippen LogP contribution in [-0.2, 0) is 0 Å². The Morgan fingerprint density at radius 2 is 1.90 bits per heavy atom. The van der Waals surface area contributed by atoms with Gasteiger partial charge in [-0.15, -0.1) is 0 Å². The summed E-state index contributed by atoms with van der Waals surface area (Å²) in [6.07, 6.45) is 0. The van der Waals surface area contributed by atoms with Crippen molar-refractivity contribution in [3.05, 3.63) is 48.3 Å². The van der Waals surface area contributed by atoms with Crippen molar-refractivity contribution in [3.8, 4) is 17.1 Å². The summed E-state index contributed by atoms with van der Waals surface area (Å²) >= 11 is 0.